The number of carbonyl (C=O) groups is 1. The van der Waals surface area contributed by atoms with Crippen LogP contribution in [0.3, 0.4) is 0 Å². The summed E-state index contributed by atoms with van der Waals surface area (Å²) in [5.74, 6) is -3.28. The molecule has 0 spiro atoms. The SMILES string of the molecule is COC(=O)c1sc(-c2cc(F)c(F)cc2[N+](=O)[O-])cc1N. The van der Waals surface area contributed by atoms with E-state index >= 15 is 0 Å². The second-order valence-corrected chi connectivity index (χ2v) is 4.98. The summed E-state index contributed by atoms with van der Waals surface area (Å²) in [6.07, 6.45) is 0. The Morgan fingerprint density at radius 2 is 1.95 bits per heavy atom. The van der Waals surface area contributed by atoms with Gasteiger partial charge in [0.25, 0.3) is 5.69 Å². The highest BCUT2D eigenvalue weighted by atomic mass is 32.1. The van der Waals surface area contributed by atoms with E-state index in [1.54, 1.807) is 0 Å². The molecule has 0 saturated carbocycles. The molecule has 9 heteroatoms. The first kappa shape index (κ1) is 14.9. The average molecular weight is 314 g/mol. The molecule has 1 heterocycles. The predicted octanol–water partition coefficient (Wildman–Crippen LogP) is 2.97. The van der Waals surface area contributed by atoms with E-state index < -0.39 is 28.2 Å². The summed E-state index contributed by atoms with van der Waals surface area (Å²) in [5, 5.41) is 10.9. The van der Waals surface area contributed by atoms with Gasteiger partial charge in [-0.15, -0.1) is 11.3 Å². The van der Waals surface area contributed by atoms with Gasteiger partial charge in [-0.1, -0.05) is 0 Å². The van der Waals surface area contributed by atoms with Crippen LogP contribution in [0.2, 0.25) is 0 Å². The number of nitro benzene ring substituents is 1. The van der Waals surface area contributed by atoms with Crippen LogP contribution in [-0.4, -0.2) is 18.0 Å². The topological polar surface area (TPSA) is 95.5 Å². The Labute approximate surface area is 120 Å². The Kier molecular flexibility index (Phi) is 3.85. The Morgan fingerprint density at radius 1 is 1.33 bits per heavy atom. The van der Waals surface area contributed by atoms with Crippen LogP contribution in [0, 0.1) is 21.7 Å². The zero-order valence-electron chi connectivity index (χ0n) is 10.6. The summed E-state index contributed by atoms with van der Waals surface area (Å²) in [5.41, 5.74) is 4.88. The number of methoxy groups -OCH3 is 1. The quantitative estimate of drug-likeness (QED) is 0.534. The number of rotatable bonds is 3. The Bertz CT molecular complexity index is 745. The van der Waals surface area contributed by atoms with Crippen molar-refractivity contribution in [2.45, 2.75) is 0 Å². The highest BCUT2D eigenvalue weighted by Gasteiger charge is 2.24. The van der Waals surface area contributed by atoms with Crippen LogP contribution in [0.1, 0.15) is 9.67 Å². The lowest BCUT2D eigenvalue weighted by Crippen LogP contribution is -2.00. The fourth-order valence-electron chi connectivity index (χ4n) is 1.67. The van der Waals surface area contributed by atoms with Gasteiger partial charge in [0.2, 0.25) is 0 Å². The van der Waals surface area contributed by atoms with Crippen molar-refractivity contribution in [3.05, 3.63) is 44.8 Å². The number of hydrogen-bond donors (Lipinski definition) is 1. The van der Waals surface area contributed by atoms with Gasteiger partial charge in [-0.25, -0.2) is 13.6 Å². The number of halogens is 2. The number of hydrogen-bond acceptors (Lipinski definition) is 6. The van der Waals surface area contributed by atoms with Crippen LogP contribution in [0.4, 0.5) is 20.2 Å². The molecule has 2 aromatic rings. The largest absolute Gasteiger partial charge is 0.465 e. The first-order chi connectivity index (χ1) is 9.85. The molecule has 0 saturated heterocycles. The molecule has 0 aliphatic carbocycles. The van der Waals surface area contributed by atoms with Crippen molar-refractivity contribution in [2.24, 2.45) is 0 Å². The molecule has 2 N–H and O–H groups in total. The van der Waals surface area contributed by atoms with E-state index in [0.717, 1.165) is 18.4 Å². The molecule has 1 aromatic heterocycles. The predicted molar refractivity (Wildman–Crippen MR) is 72.1 cm³/mol. The zero-order chi connectivity index (χ0) is 15.7. The van der Waals surface area contributed by atoms with Gasteiger partial charge in [-0.2, -0.15) is 0 Å². The first-order valence-electron chi connectivity index (χ1n) is 5.46. The summed E-state index contributed by atoms with van der Waals surface area (Å²) in [6.45, 7) is 0. The molecule has 0 unspecified atom stereocenters. The molecule has 0 atom stereocenters. The molecule has 110 valence electrons. The Hall–Kier alpha value is -2.55. The number of nitrogens with two attached hydrogens (primary N) is 1. The van der Waals surface area contributed by atoms with E-state index in [2.05, 4.69) is 4.74 Å². The Balaban J connectivity index is 2.64. The van der Waals surface area contributed by atoms with Crippen LogP contribution in [-0.2, 0) is 4.74 Å². The molecular weight excluding hydrogens is 306 g/mol. The van der Waals surface area contributed by atoms with Crippen molar-refractivity contribution in [2.75, 3.05) is 12.8 Å². The van der Waals surface area contributed by atoms with Crippen LogP contribution in [0.15, 0.2) is 18.2 Å². The molecule has 0 bridgehead atoms. The number of thiophene rings is 1. The van der Waals surface area contributed by atoms with Crippen LogP contribution < -0.4 is 5.73 Å². The van der Waals surface area contributed by atoms with E-state index in [-0.39, 0.29) is 21.0 Å². The molecule has 0 radical (unpaired) electrons. The van der Waals surface area contributed by atoms with Gasteiger partial charge >= 0.3 is 5.97 Å². The van der Waals surface area contributed by atoms with Crippen molar-refractivity contribution in [1.29, 1.82) is 0 Å². The highest BCUT2D eigenvalue weighted by molar-refractivity contribution is 7.18. The summed E-state index contributed by atoms with van der Waals surface area (Å²) >= 11 is 0.798. The summed E-state index contributed by atoms with van der Waals surface area (Å²) in [4.78, 5) is 21.8. The van der Waals surface area contributed by atoms with E-state index in [1.807, 2.05) is 0 Å². The van der Waals surface area contributed by atoms with Gasteiger partial charge in [0, 0.05) is 4.88 Å². The maximum absolute atomic E-state index is 13.3. The molecule has 0 fully saturated rings. The second-order valence-electron chi connectivity index (χ2n) is 3.93. The normalized spacial score (nSPS) is 10.4. The molecule has 0 aliphatic heterocycles. The monoisotopic (exact) mass is 314 g/mol. The molecule has 21 heavy (non-hydrogen) atoms. The lowest BCUT2D eigenvalue weighted by atomic mass is 10.1. The number of benzene rings is 1. The number of carbonyl (C=O) groups excluding carboxylic acids is 1. The minimum absolute atomic E-state index is 0.0338. The lowest BCUT2D eigenvalue weighted by molar-refractivity contribution is -0.384. The summed E-state index contributed by atoms with van der Waals surface area (Å²) < 4.78 is 31.0. The third-order valence-corrected chi connectivity index (χ3v) is 3.80. The van der Waals surface area contributed by atoms with Gasteiger partial charge in [0.05, 0.1) is 29.4 Å². The minimum Gasteiger partial charge on any atom is -0.465 e. The average Bonchev–Trinajstić information content (AvgIpc) is 2.82. The molecule has 6 nitrogen and oxygen atoms in total. The van der Waals surface area contributed by atoms with Crippen molar-refractivity contribution in [1.82, 2.24) is 0 Å². The zero-order valence-corrected chi connectivity index (χ0v) is 11.4. The van der Waals surface area contributed by atoms with Crippen molar-refractivity contribution < 1.29 is 23.2 Å². The second kappa shape index (κ2) is 5.44. The summed E-state index contributed by atoms with van der Waals surface area (Å²) in [6, 6.07) is 2.45. The summed E-state index contributed by atoms with van der Waals surface area (Å²) in [7, 11) is 1.15. The lowest BCUT2D eigenvalue weighted by Gasteiger charge is -2.01. The molecule has 1 aromatic carbocycles. The smallest absolute Gasteiger partial charge is 0.350 e. The first-order valence-corrected chi connectivity index (χ1v) is 6.28. The standard InChI is InChI=1S/C12H8F2N2O4S/c1-20-12(17)11-8(15)4-10(21-11)5-2-6(13)7(14)3-9(5)16(18)19/h2-4H,15H2,1H3. The third-order valence-electron chi connectivity index (χ3n) is 2.63. The highest BCUT2D eigenvalue weighted by Crippen LogP contribution is 2.39. The Morgan fingerprint density at radius 3 is 2.52 bits per heavy atom. The van der Waals surface area contributed by atoms with E-state index in [4.69, 9.17) is 5.73 Å². The van der Waals surface area contributed by atoms with Gasteiger partial charge < -0.3 is 10.5 Å². The number of esters is 1. The van der Waals surface area contributed by atoms with E-state index in [0.29, 0.717) is 12.1 Å². The van der Waals surface area contributed by atoms with Crippen LogP contribution >= 0.6 is 11.3 Å². The molecule has 0 aliphatic rings. The number of nitrogens with zero attached hydrogens (tertiary/aromatic N) is 1. The van der Waals surface area contributed by atoms with E-state index in [1.165, 1.54) is 6.07 Å². The maximum atomic E-state index is 13.3. The number of nitrogen functional groups attached to an aromatic ring is 1. The fourth-order valence-corrected chi connectivity index (χ4v) is 2.70. The van der Waals surface area contributed by atoms with Gasteiger partial charge in [-0.3, -0.25) is 10.1 Å². The number of ether oxygens (including phenoxy) is 1. The molecule has 2 rings (SSSR count). The third kappa shape index (κ3) is 2.68. The minimum atomic E-state index is -1.33. The number of nitro groups is 1. The fraction of sp³-hybridized carbons (Fsp3) is 0.0833. The van der Waals surface area contributed by atoms with Gasteiger partial charge in [-0.05, 0) is 12.1 Å². The van der Waals surface area contributed by atoms with Gasteiger partial charge in [0.1, 0.15) is 4.88 Å². The van der Waals surface area contributed by atoms with Gasteiger partial charge in [0.15, 0.2) is 11.6 Å². The van der Waals surface area contributed by atoms with Crippen molar-refractivity contribution in [3.8, 4) is 10.4 Å². The molecule has 0 amide bonds. The van der Waals surface area contributed by atoms with Crippen molar-refractivity contribution in [3.63, 3.8) is 0 Å². The van der Waals surface area contributed by atoms with Crippen molar-refractivity contribution >= 4 is 28.7 Å². The van der Waals surface area contributed by atoms with E-state index in [9.17, 15) is 23.7 Å². The maximum Gasteiger partial charge on any atom is 0.350 e. The van der Waals surface area contributed by atoms with Crippen LogP contribution in [0.25, 0.3) is 10.4 Å². The number of anilines is 1. The van der Waals surface area contributed by atoms with Crippen LogP contribution in [0.5, 0.6) is 0 Å². The molecular formula is C12H8F2N2O4S.